The summed E-state index contributed by atoms with van der Waals surface area (Å²) in [4.78, 5) is 11.6. The molecule has 1 rings (SSSR count). The molecule has 6 heteroatoms. The number of amides is 1. The summed E-state index contributed by atoms with van der Waals surface area (Å²) < 4.78 is 0.841. The van der Waals surface area contributed by atoms with Gasteiger partial charge in [0.1, 0.15) is 4.99 Å². The number of primary amides is 1. The van der Waals surface area contributed by atoms with E-state index in [9.17, 15) is 4.79 Å². The molecule has 0 bridgehead atoms. The van der Waals surface area contributed by atoms with Crippen LogP contribution in [0, 0.1) is 5.41 Å². The minimum Gasteiger partial charge on any atom is -0.389 e. The van der Waals surface area contributed by atoms with Crippen molar-refractivity contribution < 1.29 is 4.79 Å². The van der Waals surface area contributed by atoms with Crippen molar-refractivity contribution in [3.05, 3.63) is 28.2 Å². The molecule has 1 aromatic rings. The fraction of sp³-hybridized carbons (Fsp3) is 0.333. The Balaban J connectivity index is 2.81. The van der Waals surface area contributed by atoms with E-state index < -0.39 is 5.41 Å². The molecule has 98 valence electrons. The van der Waals surface area contributed by atoms with Crippen molar-refractivity contribution in [2.24, 2.45) is 16.9 Å². The first-order valence-corrected chi connectivity index (χ1v) is 6.57. The number of thiocarbonyl (C=S) groups is 1. The van der Waals surface area contributed by atoms with Gasteiger partial charge in [0.2, 0.25) is 5.91 Å². The third-order valence-electron chi connectivity index (χ3n) is 2.64. The van der Waals surface area contributed by atoms with Crippen LogP contribution in [0.2, 0.25) is 0 Å². The van der Waals surface area contributed by atoms with Crippen LogP contribution in [0.3, 0.4) is 0 Å². The summed E-state index contributed by atoms with van der Waals surface area (Å²) in [7, 11) is 0. The molecule has 0 fully saturated rings. The molecule has 0 radical (unpaired) electrons. The second-order valence-corrected chi connectivity index (χ2v) is 5.95. The van der Waals surface area contributed by atoms with E-state index in [4.69, 9.17) is 23.7 Å². The zero-order chi connectivity index (χ0) is 13.9. The van der Waals surface area contributed by atoms with Gasteiger partial charge in [-0.25, -0.2) is 0 Å². The van der Waals surface area contributed by atoms with Gasteiger partial charge in [-0.15, -0.1) is 0 Å². The Bertz CT molecular complexity index is 488. The average molecular weight is 330 g/mol. The van der Waals surface area contributed by atoms with Gasteiger partial charge >= 0.3 is 0 Å². The van der Waals surface area contributed by atoms with Crippen molar-refractivity contribution in [3.63, 3.8) is 0 Å². The fourth-order valence-corrected chi connectivity index (χ4v) is 1.86. The highest BCUT2D eigenvalue weighted by Gasteiger charge is 2.24. The number of rotatable bonds is 5. The first-order chi connectivity index (χ1) is 8.24. The molecule has 0 unspecified atom stereocenters. The lowest BCUT2D eigenvalue weighted by Crippen LogP contribution is -2.37. The Labute approximate surface area is 120 Å². The van der Waals surface area contributed by atoms with Crippen molar-refractivity contribution in [2.45, 2.75) is 13.8 Å². The van der Waals surface area contributed by atoms with Gasteiger partial charge in [0, 0.05) is 22.3 Å². The van der Waals surface area contributed by atoms with Crippen molar-refractivity contribution in [2.75, 3.05) is 11.9 Å². The van der Waals surface area contributed by atoms with Gasteiger partial charge in [0.15, 0.2) is 0 Å². The summed E-state index contributed by atoms with van der Waals surface area (Å²) in [6, 6.07) is 5.52. The van der Waals surface area contributed by atoms with Crippen LogP contribution >= 0.6 is 28.1 Å². The molecule has 0 spiro atoms. The molecular formula is C12H16BrN3OS. The maximum atomic E-state index is 11.2. The standard InChI is InChI=1S/C12H16BrN3OS/c1-12(2,11(15)17)6-16-9-4-3-7(10(14)18)5-8(9)13/h3-5,16H,6H2,1-2H3,(H2,14,18)(H2,15,17). The molecule has 0 atom stereocenters. The molecule has 1 aromatic carbocycles. The number of halogens is 1. The Hall–Kier alpha value is -1.14. The van der Waals surface area contributed by atoms with Crippen molar-refractivity contribution >= 4 is 44.7 Å². The van der Waals surface area contributed by atoms with Crippen molar-refractivity contribution in [3.8, 4) is 0 Å². The summed E-state index contributed by atoms with van der Waals surface area (Å²) in [5.41, 5.74) is 11.9. The van der Waals surface area contributed by atoms with E-state index in [2.05, 4.69) is 21.2 Å². The number of nitrogens with one attached hydrogen (secondary N) is 1. The minimum absolute atomic E-state index is 0.342. The Morgan fingerprint density at radius 1 is 1.44 bits per heavy atom. The molecule has 5 N–H and O–H groups in total. The number of anilines is 1. The molecule has 18 heavy (non-hydrogen) atoms. The summed E-state index contributed by atoms with van der Waals surface area (Å²) >= 11 is 8.32. The predicted octanol–water partition coefficient (Wildman–Crippen LogP) is 2.01. The largest absolute Gasteiger partial charge is 0.389 e. The molecule has 0 aliphatic carbocycles. The second-order valence-electron chi connectivity index (χ2n) is 4.66. The number of hydrogen-bond donors (Lipinski definition) is 3. The Kier molecular flexibility index (Phi) is 4.70. The van der Waals surface area contributed by atoms with E-state index in [1.54, 1.807) is 13.8 Å². The molecule has 0 aliphatic rings. The van der Waals surface area contributed by atoms with E-state index in [0.29, 0.717) is 11.5 Å². The SMILES string of the molecule is CC(C)(CNc1ccc(C(N)=S)cc1Br)C(N)=O. The van der Waals surface area contributed by atoms with Gasteiger partial charge in [-0.05, 0) is 48.0 Å². The topological polar surface area (TPSA) is 81.1 Å². The summed E-state index contributed by atoms with van der Waals surface area (Å²) in [6.45, 7) is 4.03. The first kappa shape index (κ1) is 14.9. The number of carbonyl (C=O) groups is 1. The minimum atomic E-state index is -0.610. The highest BCUT2D eigenvalue weighted by Crippen LogP contribution is 2.25. The molecular weight excluding hydrogens is 314 g/mol. The fourth-order valence-electron chi connectivity index (χ4n) is 1.22. The van der Waals surface area contributed by atoms with E-state index in [1.807, 2.05) is 18.2 Å². The highest BCUT2D eigenvalue weighted by atomic mass is 79.9. The molecule has 0 heterocycles. The van der Waals surface area contributed by atoms with Crippen LogP contribution in [0.1, 0.15) is 19.4 Å². The zero-order valence-corrected chi connectivity index (χ0v) is 12.7. The van der Waals surface area contributed by atoms with E-state index >= 15 is 0 Å². The maximum Gasteiger partial charge on any atom is 0.224 e. The quantitative estimate of drug-likeness (QED) is 0.722. The second kappa shape index (κ2) is 5.67. The van der Waals surface area contributed by atoms with Crippen LogP contribution in [0.5, 0.6) is 0 Å². The number of benzene rings is 1. The van der Waals surface area contributed by atoms with Crippen LogP contribution in [-0.2, 0) is 4.79 Å². The Morgan fingerprint density at radius 3 is 2.50 bits per heavy atom. The molecule has 0 aromatic heterocycles. The molecule has 4 nitrogen and oxygen atoms in total. The molecule has 0 saturated heterocycles. The average Bonchev–Trinajstić information content (AvgIpc) is 2.26. The van der Waals surface area contributed by atoms with Gasteiger partial charge in [-0.2, -0.15) is 0 Å². The van der Waals surface area contributed by atoms with Gasteiger partial charge in [0.05, 0.1) is 5.41 Å². The molecule has 1 amide bonds. The molecule has 0 aliphatic heterocycles. The van der Waals surface area contributed by atoms with E-state index in [1.165, 1.54) is 0 Å². The summed E-state index contributed by atoms with van der Waals surface area (Å²) in [6.07, 6.45) is 0. The van der Waals surface area contributed by atoms with E-state index in [0.717, 1.165) is 15.7 Å². The van der Waals surface area contributed by atoms with Crippen molar-refractivity contribution in [1.82, 2.24) is 0 Å². The zero-order valence-electron chi connectivity index (χ0n) is 10.3. The van der Waals surface area contributed by atoms with E-state index in [-0.39, 0.29) is 5.91 Å². The monoisotopic (exact) mass is 329 g/mol. The lowest BCUT2D eigenvalue weighted by molar-refractivity contribution is -0.125. The van der Waals surface area contributed by atoms with Gasteiger partial charge < -0.3 is 16.8 Å². The number of carbonyl (C=O) groups excluding carboxylic acids is 1. The lowest BCUT2D eigenvalue weighted by atomic mass is 9.92. The van der Waals surface area contributed by atoms with Gasteiger partial charge in [-0.3, -0.25) is 4.79 Å². The van der Waals surface area contributed by atoms with Crippen LogP contribution in [0.25, 0.3) is 0 Å². The van der Waals surface area contributed by atoms with Crippen LogP contribution in [-0.4, -0.2) is 17.4 Å². The normalized spacial score (nSPS) is 11.1. The third-order valence-corrected chi connectivity index (χ3v) is 3.53. The molecule has 0 saturated carbocycles. The summed E-state index contributed by atoms with van der Waals surface area (Å²) in [5, 5.41) is 3.17. The summed E-state index contributed by atoms with van der Waals surface area (Å²) in [5.74, 6) is -0.342. The Morgan fingerprint density at radius 2 is 2.06 bits per heavy atom. The van der Waals surface area contributed by atoms with Crippen molar-refractivity contribution in [1.29, 1.82) is 0 Å². The predicted molar refractivity (Wildman–Crippen MR) is 81.5 cm³/mol. The van der Waals surface area contributed by atoms with Gasteiger partial charge in [-0.1, -0.05) is 12.2 Å². The third kappa shape index (κ3) is 3.68. The van der Waals surface area contributed by atoms with Crippen LogP contribution in [0.4, 0.5) is 5.69 Å². The number of hydrogen-bond acceptors (Lipinski definition) is 3. The lowest BCUT2D eigenvalue weighted by Gasteiger charge is -2.22. The van der Waals surface area contributed by atoms with Crippen LogP contribution < -0.4 is 16.8 Å². The number of nitrogens with two attached hydrogens (primary N) is 2. The highest BCUT2D eigenvalue weighted by molar-refractivity contribution is 9.10. The van der Waals surface area contributed by atoms with Crippen LogP contribution in [0.15, 0.2) is 22.7 Å². The smallest absolute Gasteiger partial charge is 0.224 e. The first-order valence-electron chi connectivity index (χ1n) is 5.37. The maximum absolute atomic E-state index is 11.2. The van der Waals surface area contributed by atoms with Gasteiger partial charge in [0.25, 0.3) is 0 Å².